The zero-order chi connectivity index (χ0) is 31.7. The van der Waals surface area contributed by atoms with Gasteiger partial charge in [-0.25, -0.2) is 18.4 Å². The molecule has 2 aromatic carbocycles. The number of aromatic nitrogens is 2. The van der Waals surface area contributed by atoms with Crippen LogP contribution >= 0.6 is 11.3 Å². The number of anilines is 1. The molecule has 2 aliphatic heterocycles. The van der Waals surface area contributed by atoms with Crippen molar-refractivity contribution >= 4 is 55.4 Å². The highest BCUT2D eigenvalue weighted by atomic mass is 32.1. The molecule has 1 saturated heterocycles. The average Bonchev–Trinajstić information content (AvgIpc) is 3.52. The van der Waals surface area contributed by atoms with Crippen LogP contribution in [0.15, 0.2) is 24.4 Å². The number of rotatable bonds is 2. The molecule has 4 aromatic rings. The number of nitrogens with one attached hydrogen (secondary N) is 1. The van der Waals surface area contributed by atoms with Crippen LogP contribution in [0.5, 0.6) is 0 Å². The van der Waals surface area contributed by atoms with Gasteiger partial charge < -0.3 is 19.6 Å². The van der Waals surface area contributed by atoms with Crippen LogP contribution in [-0.2, 0) is 11.3 Å². The Labute approximate surface area is 254 Å². The predicted octanol–water partition coefficient (Wildman–Crippen LogP) is 6.01. The standard InChI is InChI=1S/C30H28F2N6O5S/c1-14-12-37-15(13-36(14)29(41)42)7-8-38-24-17(27(37)39)9-21(32)22(19(24)11-34-38)16-5-6-20(31)25-23(16)18(10-33)26(44-25)35-28(40)43-30(2,3)4/h5-6,9,11,14-15H,7-8,12-13H2,1-4H3,(H,35,40)(H,41,42)/t14-,15-/m1/s1. The molecule has 4 heterocycles. The van der Waals surface area contributed by atoms with Crippen molar-refractivity contribution < 1.29 is 33.0 Å². The third-order valence-corrected chi connectivity index (χ3v) is 9.03. The van der Waals surface area contributed by atoms with Crippen LogP contribution in [0.25, 0.3) is 32.1 Å². The number of nitrogens with zero attached hydrogens (tertiary/aromatic N) is 5. The Morgan fingerprint density at radius 1 is 1.20 bits per heavy atom. The van der Waals surface area contributed by atoms with Crippen molar-refractivity contribution in [2.24, 2.45) is 0 Å². The summed E-state index contributed by atoms with van der Waals surface area (Å²) >= 11 is 0.836. The monoisotopic (exact) mass is 622 g/mol. The lowest BCUT2D eigenvalue weighted by Crippen LogP contribution is -2.60. The van der Waals surface area contributed by atoms with E-state index in [1.165, 1.54) is 23.2 Å². The molecule has 1 fully saturated rings. The van der Waals surface area contributed by atoms with Gasteiger partial charge in [-0.05, 0) is 51.8 Å². The Morgan fingerprint density at radius 2 is 1.95 bits per heavy atom. The number of aryl methyl sites for hydroxylation is 1. The van der Waals surface area contributed by atoms with Gasteiger partial charge in [0.1, 0.15) is 28.3 Å². The van der Waals surface area contributed by atoms with Gasteiger partial charge in [0.05, 0.1) is 33.6 Å². The van der Waals surface area contributed by atoms with Crippen LogP contribution in [0, 0.1) is 23.0 Å². The second-order valence-electron chi connectivity index (χ2n) is 11.9. The largest absolute Gasteiger partial charge is 0.465 e. The third kappa shape index (κ3) is 4.77. The van der Waals surface area contributed by atoms with E-state index in [1.54, 1.807) is 37.3 Å². The van der Waals surface area contributed by atoms with E-state index in [-0.39, 0.29) is 50.4 Å². The Hall–Kier alpha value is -4.77. The molecule has 0 unspecified atom stereocenters. The molecule has 0 radical (unpaired) electrons. The summed E-state index contributed by atoms with van der Waals surface area (Å²) in [6, 6.07) is 4.82. The van der Waals surface area contributed by atoms with Crippen molar-refractivity contribution in [3.05, 3.63) is 47.2 Å². The molecule has 2 N–H and O–H groups in total. The Balaban J connectivity index is 1.50. The van der Waals surface area contributed by atoms with E-state index in [4.69, 9.17) is 4.74 Å². The van der Waals surface area contributed by atoms with Gasteiger partial charge in [0.2, 0.25) is 0 Å². The molecular formula is C30H28F2N6O5S. The Morgan fingerprint density at radius 3 is 2.64 bits per heavy atom. The van der Waals surface area contributed by atoms with E-state index in [1.807, 2.05) is 6.07 Å². The van der Waals surface area contributed by atoms with Crippen LogP contribution < -0.4 is 5.32 Å². The first-order valence-electron chi connectivity index (χ1n) is 13.9. The summed E-state index contributed by atoms with van der Waals surface area (Å²) in [6.07, 6.45) is -0.0283. The highest BCUT2D eigenvalue weighted by molar-refractivity contribution is 7.23. The molecular weight excluding hydrogens is 594 g/mol. The van der Waals surface area contributed by atoms with Crippen molar-refractivity contribution in [3.63, 3.8) is 0 Å². The number of hydrogen-bond donors (Lipinski definition) is 2. The molecule has 0 saturated carbocycles. The smallest absolute Gasteiger partial charge is 0.412 e. The molecule has 228 valence electrons. The molecule has 2 atom stereocenters. The highest BCUT2D eigenvalue weighted by Crippen LogP contribution is 2.45. The number of thiophene rings is 1. The Bertz CT molecular complexity index is 1920. The number of fused-ring (bicyclic) bond motifs is 2. The second-order valence-corrected chi connectivity index (χ2v) is 13.0. The van der Waals surface area contributed by atoms with Crippen LogP contribution in [-0.4, -0.2) is 73.6 Å². The van der Waals surface area contributed by atoms with E-state index in [0.717, 1.165) is 17.4 Å². The maximum Gasteiger partial charge on any atom is 0.412 e. The van der Waals surface area contributed by atoms with Crippen molar-refractivity contribution in [1.82, 2.24) is 19.6 Å². The average molecular weight is 623 g/mol. The first kappa shape index (κ1) is 29.3. The van der Waals surface area contributed by atoms with Gasteiger partial charge in [0, 0.05) is 42.0 Å². The number of piperazine rings is 1. The summed E-state index contributed by atoms with van der Waals surface area (Å²) in [5, 5.41) is 27.2. The highest BCUT2D eigenvalue weighted by Gasteiger charge is 2.39. The number of carbonyl (C=O) groups excluding carboxylic acids is 2. The van der Waals surface area contributed by atoms with E-state index in [9.17, 15) is 24.8 Å². The van der Waals surface area contributed by atoms with Gasteiger partial charge >= 0.3 is 12.2 Å². The number of halogens is 2. The van der Waals surface area contributed by atoms with Crippen molar-refractivity contribution in [2.75, 3.05) is 18.4 Å². The first-order chi connectivity index (χ1) is 20.8. The lowest BCUT2D eigenvalue weighted by molar-refractivity contribution is 0.0254. The minimum Gasteiger partial charge on any atom is -0.465 e. The molecule has 0 spiro atoms. The quantitative estimate of drug-likeness (QED) is 0.279. The van der Waals surface area contributed by atoms with Gasteiger partial charge in [-0.2, -0.15) is 10.4 Å². The minimum absolute atomic E-state index is 0.0344. The van der Waals surface area contributed by atoms with Gasteiger partial charge in [-0.1, -0.05) is 6.07 Å². The fourth-order valence-electron chi connectivity index (χ4n) is 6.05. The van der Waals surface area contributed by atoms with E-state index in [0.29, 0.717) is 23.9 Å². The summed E-state index contributed by atoms with van der Waals surface area (Å²) in [4.78, 5) is 41.1. The fourth-order valence-corrected chi connectivity index (χ4v) is 7.12. The molecule has 0 aliphatic carbocycles. The molecule has 6 rings (SSSR count). The number of amides is 3. The van der Waals surface area contributed by atoms with Crippen LogP contribution in [0.2, 0.25) is 0 Å². The molecule has 11 nitrogen and oxygen atoms in total. The van der Waals surface area contributed by atoms with Crippen LogP contribution in [0.3, 0.4) is 0 Å². The number of nitriles is 1. The number of carbonyl (C=O) groups is 3. The minimum atomic E-state index is -1.07. The SMILES string of the molecule is C[C@@H]1CN2C(=O)c3cc(F)c(-c4ccc(F)c5sc(NC(=O)OC(C)(C)C)c(C#N)c45)c4cnn(c34)CC[C@@H]2CN1C(=O)O. The maximum absolute atomic E-state index is 16.3. The molecule has 3 amide bonds. The molecule has 0 bridgehead atoms. The normalized spacial score (nSPS) is 18.5. The van der Waals surface area contributed by atoms with E-state index >= 15 is 8.78 Å². The fraction of sp³-hybridized carbons (Fsp3) is 0.367. The molecule has 2 aliphatic rings. The lowest BCUT2D eigenvalue weighted by atomic mass is 9.93. The number of carboxylic acid groups (broad SMARTS) is 1. The second kappa shape index (κ2) is 10.4. The topological polar surface area (TPSA) is 141 Å². The van der Waals surface area contributed by atoms with Crippen LogP contribution in [0.4, 0.5) is 23.4 Å². The summed E-state index contributed by atoms with van der Waals surface area (Å²) in [5.74, 6) is -1.87. The van der Waals surface area contributed by atoms with Gasteiger partial charge in [0.15, 0.2) is 0 Å². The maximum atomic E-state index is 16.3. The predicted molar refractivity (Wildman–Crippen MR) is 159 cm³/mol. The number of hydrogen-bond acceptors (Lipinski definition) is 7. The van der Waals surface area contributed by atoms with Gasteiger partial charge in [-0.3, -0.25) is 14.8 Å². The lowest BCUT2D eigenvalue weighted by Gasteiger charge is -2.45. The molecule has 14 heteroatoms. The zero-order valence-electron chi connectivity index (χ0n) is 24.3. The van der Waals surface area contributed by atoms with Gasteiger partial charge in [0.25, 0.3) is 5.91 Å². The van der Waals surface area contributed by atoms with Crippen LogP contribution in [0.1, 0.15) is 50.0 Å². The summed E-state index contributed by atoms with van der Waals surface area (Å²) in [7, 11) is 0. The van der Waals surface area contributed by atoms with E-state index in [2.05, 4.69) is 10.4 Å². The zero-order valence-corrected chi connectivity index (χ0v) is 25.1. The third-order valence-electron chi connectivity index (χ3n) is 7.91. The molecule has 2 aromatic heterocycles. The van der Waals surface area contributed by atoms with Crippen molar-refractivity contribution in [3.8, 4) is 17.2 Å². The van der Waals surface area contributed by atoms with Crippen molar-refractivity contribution in [1.29, 1.82) is 5.26 Å². The summed E-state index contributed by atoms with van der Waals surface area (Å²) in [5.41, 5.74) is -0.173. The summed E-state index contributed by atoms with van der Waals surface area (Å²) < 4.78 is 38.4. The van der Waals surface area contributed by atoms with Crippen molar-refractivity contribution in [2.45, 2.75) is 58.3 Å². The van der Waals surface area contributed by atoms with Gasteiger partial charge in [-0.15, -0.1) is 11.3 Å². The number of benzene rings is 2. The molecule has 44 heavy (non-hydrogen) atoms. The number of ether oxygens (including phenoxy) is 1. The first-order valence-corrected chi connectivity index (χ1v) is 14.7. The Kier molecular flexibility index (Phi) is 6.96. The van der Waals surface area contributed by atoms with E-state index < -0.39 is 47.4 Å². The summed E-state index contributed by atoms with van der Waals surface area (Å²) in [6.45, 7) is 7.38.